The average Bonchev–Trinajstić information content (AvgIpc) is 2.66. The average molecular weight is 370 g/mol. The van der Waals surface area contributed by atoms with Crippen molar-refractivity contribution in [1.82, 2.24) is 20.5 Å². The van der Waals surface area contributed by atoms with Gasteiger partial charge in [0.05, 0.1) is 19.0 Å². The molecule has 2 N–H and O–H groups in total. The summed E-state index contributed by atoms with van der Waals surface area (Å²) in [5.41, 5.74) is 0.803. The van der Waals surface area contributed by atoms with Crippen molar-refractivity contribution in [2.24, 2.45) is 0 Å². The number of nitrogens with one attached hydrogen (secondary N) is 2. The first kappa shape index (κ1) is 19.1. The van der Waals surface area contributed by atoms with Crippen molar-refractivity contribution in [3.63, 3.8) is 0 Å². The van der Waals surface area contributed by atoms with Crippen molar-refractivity contribution >= 4 is 22.7 Å². The maximum Gasteiger partial charge on any atom is 0.237 e. The summed E-state index contributed by atoms with van der Waals surface area (Å²) >= 11 is 0. The first-order valence-electron chi connectivity index (χ1n) is 9.33. The number of pyridine rings is 1. The number of carbonyl (C=O) groups excluding carboxylic acids is 2. The number of rotatable bonds is 7. The fourth-order valence-electron chi connectivity index (χ4n) is 3.35. The molecule has 1 aromatic heterocycles. The first-order valence-corrected chi connectivity index (χ1v) is 9.33. The molecule has 1 unspecified atom stereocenters. The Bertz CT molecular complexity index is 803. The number of hydrogen-bond donors (Lipinski definition) is 2. The Morgan fingerprint density at radius 1 is 1.37 bits per heavy atom. The lowest BCUT2D eigenvalue weighted by atomic mass is 10.1. The van der Waals surface area contributed by atoms with Gasteiger partial charge in [-0.2, -0.15) is 0 Å². The molecule has 1 fully saturated rings. The summed E-state index contributed by atoms with van der Waals surface area (Å²) in [4.78, 5) is 30.8. The summed E-state index contributed by atoms with van der Waals surface area (Å²) in [5, 5.41) is 6.68. The highest BCUT2D eigenvalue weighted by molar-refractivity contribution is 5.89. The Labute approximate surface area is 159 Å². The molecule has 0 radical (unpaired) electrons. The number of benzene rings is 1. The molecule has 2 aromatic rings. The molecule has 7 nitrogen and oxygen atoms in total. The fraction of sp³-hybridized carbons (Fsp3) is 0.450. The lowest BCUT2D eigenvalue weighted by Crippen LogP contribution is -2.58. The van der Waals surface area contributed by atoms with Crippen molar-refractivity contribution < 1.29 is 14.3 Å². The van der Waals surface area contributed by atoms with Crippen molar-refractivity contribution in [3.8, 4) is 5.75 Å². The van der Waals surface area contributed by atoms with Crippen LogP contribution in [0.1, 0.15) is 20.3 Å². The second-order valence-electron chi connectivity index (χ2n) is 6.87. The van der Waals surface area contributed by atoms with Gasteiger partial charge >= 0.3 is 0 Å². The molecule has 144 valence electrons. The highest BCUT2D eigenvalue weighted by atomic mass is 16.5. The number of carbonyl (C=O) groups is 2. The molecular weight excluding hydrogens is 344 g/mol. The van der Waals surface area contributed by atoms with E-state index in [1.54, 1.807) is 6.20 Å². The zero-order valence-electron chi connectivity index (χ0n) is 15.8. The van der Waals surface area contributed by atoms with Gasteiger partial charge in [-0.15, -0.1) is 0 Å². The van der Waals surface area contributed by atoms with E-state index < -0.39 is 6.04 Å². The van der Waals surface area contributed by atoms with E-state index in [1.165, 1.54) is 0 Å². The van der Waals surface area contributed by atoms with Gasteiger partial charge in [-0.25, -0.2) is 0 Å². The van der Waals surface area contributed by atoms with Crippen molar-refractivity contribution in [2.75, 3.05) is 26.2 Å². The third-order valence-corrected chi connectivity index (χ3v) is 4.69. The van der Waals surface area contributed by atoms with Crippen molar-refractivity contribution in [2.45, 2.75) is 32.4 Å². The van der Waals surface area contributed by atoms with Crippen LogP contribution in [0.15, 0.2) is 36.5 Å². The summed E-state index contributed by atoms with van der Waals surface area (Å²) in [6.07, 6.45) is 1.88. The molecular formula is C20H26N4O3. The smallest absolute Gasteiger partial charge is 0.237 e. The molecule has 2 heterocycles. The van der Waals surface area contributed by atoms with Crippen LogP contribution in [0.5, 0.6) is 5.75 Å². The first-order chi connectivity index (χ1) is 13.1. The van der Waals surface area contributed by atoms with Gasteiger partial charge in [0, 0.05) is 30.7 Å². The summed E-state index contributed by atoms with van der Waals surface area (Å²) in [6, 6.07) is 9.43. The molecule has 1 atom stereocenters. The topological polar surface area (TPSA) is 83.6 Å². The van der Waals surface area contributed by atoms with Gasteiger partial charge in [0.25, 0.3) is 0 Å². The molecule has 0 spiro atoms. The van der Waals surface area contributed by atoms with E-state index in [1.807, 2.05) is 44.2 Å². The molecule has 0 aliphatic carbocycles. The van der Waals surface area contributed by atoms with Gasteiger partial charge in [0.15, 0.2) is 0 Å². The van der Waals surface area contributed by atoms with E-state index >= 15 is 0 Å². The Balaban J connectivity index is 1.48. The zero-order valence-corrected chi connectivity index (χ0v) is 15.8. The highest BCUT2D eigenvalue weighted by Gasteiger charge is 2.32. The van der Waals surface area contributed by atoms with Crippen LogP contribution in [-0.4, -0.2) is 60.0 Å². The van der Waals surface area contributed by atoms with Crippen LogP contribution in [0.25, 0.3) is 10.9 Å². The molecule has 0 saturated carbocycles. The number of para-hydroxylation sites is 1. The zero-order chi connectivity index (χ0) is 19.2. The molecule has 27 heavy (non-hydrogen) atoms. The van der Waals surface area contributed by atoms with E-state index in [9.17, 15) is 9.59 Å². The minimum Gasteiger partial charge on any atom is -0.489 e. The Kier molecular flexibility index (Phi) is 6.24. The van der Waals surface area contributed by atoms with Gasteiger partial charge in [-0.05, 0) is 26.0 Å². The fourth-order valence-corrected chi connectivity index (χ4v) is 3.35. The van der Waals surface area contributed by atoms with Crippen LogP contribution in [0.3, 0.4) is 0 Å². The molecule has 7 heteroatoms. The number of hydrogen-bond acceptors (Lipinski definition) is 5. The molecule has 1 aliphatic rings. The molecule has 3 rings (SSSR count). The maximum absolute atomic E-state index is 12.3. The minimum absolute atomic E-state index is 0.0804. The molecule has 2 amide bonds. The molecule has 1 saturated heterocycles. The molecule has 0 bridgehead atoms. The Morgan fingerprint density at radius 2 is 2.19 bits per heavy atom. The summed E-state index contributed by atoms with van der Waals surface area (Å²) in [7, 11) is 0. The molecule has 1 aromatic carbocycles. The van der Waals surface area contributed by atoms with Crippen LogP contribution < -0.4 is 15.4 Å². The number of amides is 2. The third kappa shape index (κ3) is 4.74. The number of fused-ring (bicyclic) bond motifs is 1. The lowest BCUT2D eigenvalue weighted by molar-refractivity contribution is -0.134. The standard InChI is InChI=1S/C20H26N4O3/c1-14(2)24-11-9-23-20(26)16(24)13-18(25)21-10-12-27-17-7-3-5-15-6-4-8-22-19(15)17/h3-8,14,16H,9-13H2,1-2H3,(H,21,25)(H,23,26). The van der Waals surface area contributed by atoms with Crippen molar-refractivity contribution in [3.05, 3.63) is 36.5 Å². The van der Waals surface area contributed by atoms with Gasteiger partial charge in [-0.1, -0.05) is 18.2 Å². The van der Waals surface area contributed by atoms with Crippen LogP contribution in [0.2, 0.25) is 0 Å². The second kappa shape index (κ2) is 8.81. The van der Waals surface area contributed by atoms with Crippen LogP contribution in [-0.2, 0) is 9.59 Å². The van der Waals surface area contributed by atoms with Gasteiger partial charge in [0.2, 0.25) is 11.8 Å². The number of aromatic nitrogens is 1. The number of nitrogens with zero attached hydrogens (tertiary/aromatic N) is 2. The molecule has 1 aliphatic heterocycles. The van der Waals surface area contributed by atoms with Crippen molar-refractivity contribution in [1.29, 1.82) is 0 Å². The summed E-state index contributed by atoms with van der Waals surface area (Å²) < 4.78 is 5.77. The van der Waals surface area contributed by atoms with E-state index in [0.717, 1.165) is 17.4 Å². The largest absolute Gasteiger partial charge is 0.489 e. The van der Waals surface area contributed by atoms with Crippen LogP contribution in [0.4, 0.5) is 0 Å². The quantitative estimate of drug-likeness (QED) is 0.719. The second-order valence-corrected chi connectivity index (χ2v) is 6.87. The monoisotopic (exact) mass is 370 g/mol. The predicted octanol–water partition coefficient (Wildman–Crippen LogP) is 1.33. The number of piperazine rings is 1. The van der Waals surface area contributed by atoms with Crippen LogP contribution in [0, 0.1) is 0 Å². The van der Waals surface area contributed by atoms with E-state index in [4.69, 9.17) is 4.74 Å². The van der Waals surface area contributed by atoms with Gasteiger partial charge in [0.1, 0.15) is 17.9 Å². The third-order valence-electron chi connectivity index (χ3n) is 4.69. The lowest BCUT2D eigenvalue weighted by Gasteiger charge is -2.37. The summed E-state index contributed by atoms with van der Waals surface area (Å²) in [5.74, 6) is 0.463. The summed E-state index contributed by atoms with van der Waals surface area (Å²) in [6.45, 7) is 6.18. The SMILES string of the molecule is CC(C)N1CCNC(=O)C1CC(=O)NCCOc1cccc2cccnc12. The van der Waals surface area contributed by atoms with E-state index in [0.29, 0.717) is 25.4 Å². The highest BCUT2D eigenvalue weighted by Crippen LogP contribution is 2.22. The number of ether oxygens (including phenoxy) is 1. The normalized spacial score (nSPS) is 17.7. The predicted molar refractivity (Wildman–Crippen MR) is 104 cm³/mol. The van der Waals surface area contributed by atoms with Gasteiger partial charge in [-0.3, -0.25) is 19.5 Å². The van der Waals surface area contributed by atoms with E-state index in [2.05, 4.69) is 20.5 Å². The maximum atomic E-state index is 12.3. The minimum atomic E-state index is -0.415. The van der Waals surface area contributed by atoms with Gasteiger partial charge < -0.3 is 15.4 Å². The Hall–Kier alpha value is -2.67. The van der Waals surface area contributed by atoms with E-state index in [-0.39, 0.29) is 24.3 Å². The Morgan fingerprint density at radius 3 is 3.00 bits per heavy atom. The van der Waals surface area contributed by atoms with Crippen LogP contribution >= 0.6 is 0 Å².